The highest BCUT2D eigenvalue weighted by Crippen LogP contribution is 2.22. The second kappa shape index (κ2) is 8.81. The minimum atomic E-state index is -0.369. The molecule has 0 fully saturated rings. The van der Waals surface area contributed by atoms with Crippen molar-refractivity contribution in [3.63, 3.8) is 0 Å². The Labute approximate surface area is 161 Å². The van der Waals surface area contributed by atoms with Gasteiger partial charge in [0.2, 0.25) is 11.1 Å². The number of amides is 1. The van der Waals surface area contributed by atoms with Gasteiger partial charge in [0.15, 0.2) is 5.82 Å². The highest BCUT2D eigenvalue weighted by Gasteiger charge is 2.15. The highest BCUT2D eigenvalue weighted by atomic mass is 32.2. The summed E-state index contributed by atoms with van der Waals surface area (Å²) in [5.74, 6) is 0.0790. The maximum absolute atomic E-state index is 13.8. The van der Waals surface area contributed by atoms with E-state index in [1.165, 1.54) is 23.4 Å². The number of aromatic nitrogens is 3. The summed E-state index contributed by atoms with van der Waals surface area (Å²) in [6.45, 7) is 4.07. The zero-order valence-electron chi connectivity index (χ0n) is 15.2. The number of halogens is 1. The molecule has 27 heavy (non-hydrogen) atoms. The molecule has 0 unspecified atom stereocenters. The Bertz CT molecular complexity index is 910. The van der Waals surface area contributed by atoms with E-state index in [4.69, 9.17) is 0 Å². The fraction of sp³-hybridized carbons (Fsp3) is 0.250. The molecule has 0 saturated heterocycles. The number of hydrogen-bond acceptors (Lipinski definition) is 4. The summed E-state index contributed by atoms with van der Waals surface area (Å²) >= 11 is 1.21. The molecule has 0 aliphatic carbocycles. The highest BCUT2D eigenvalue weighted by molar-refractivity contribution is 7.99. The first kappa shape index (κ1) is 19.1. The number of H-pyrrole nitrogens is 1. The number of nitrogens with one attached hydrogen (secondary N) is 2. The number of carbonyl (C=O) groups excluding carboxylic acids is 1. The summed E-state index contributed by atoms with van der Waals surface area (Å²) in [6.07, 6.45) is 0.803. The first-order valence-electron chi connectivity index (χ1n) is 8.73. The fourth-order valence-corrected chi connectivity index (χ4v) is 3.28. The summed E-state index contributed by atoms with van der Waals surface area (Å²) in [6, 6.07) is 14.5. The van der Waals surface area contributed by atoms with Crippen molar-refractivity contribution in [3.05, 3.63) is 65.5 Å². The van der Waals surface area contributed by atoms with Crippen LogP contribution in [0.4, 0.5) is 4.39 Å². The molecule has 1 aromatic heterocycles. The van der Waals surface area contributed by atoms with Crippen LogP contribution in [0.3, 0.4) is 0 Å². The van der Waals surface area contributed by atoms with Crippen LogP contribution in [0, 0.1) is 12.7 Å². The van der Waals surface area contributed by atoms with Crippen molar-refractivity contribution in [1.29, 1.82) is 0 Å². The summed E-state index contributed by atoms with van der Waals surface area (Å²) in [5.41, 5.74) is 2.62. The van der Waals surface area contributed by atoms with Gasteiger partial charge in [-0.05, 0) is 31.0 Å². The van der Waals surface area contributed by atoms with Crippen molar-refractivity contribution in [2.45, 2.75) is 31.5 Å². The predicted molar refractivity (Wildman–Crippen MR) is 105 cm³/mol. The van der Waals surface area contributed by atoms with Crippen molar-refractivity contribution in [2.75, 3.05) is 5.75 Å². The largest absolute Gasteiger partial charge is 0.349 e. The van der Waals surface area contributed by atoms with Gasteiger partial charge in [0.25, 0.3) is 0 Å². The molecule has 7 heteroatoms. The summed E-state index contributed by atoms with van der Waals surface area (Å²) < 4.78 is 13.8. The molecule has 3 aromatic rings. The van der Waals surface area contributed by atoms with E-state index in [2.05, 4.69) is 20.5 Å². The number of thioether (sulfide) groups is 1. The van der Waals surface area contributed by atoms with E-state index in [9.17, 15) is 9.18 Å². The van der Waals surface area contributed by atoms with Crippen molar-refractivity contribution in [2.24, 2.45) is 0 Å². The standard InChI is InChI=1S/C20H21FN4OS/c1-3-17(14-10-8-13(2)9-11-14)22-18(26)12-27-20-23-19(24-25-20)15-6-4-5-7-16(15)21/h4-11,17H,3,12H2,1-2H3,(H,22,26)(H,23,24,25)/t17-/m1/s1. The first-order valence-corrected chi connectivity index (χ1v) is 9.71. The van der Waals surface area contributed by atoms with Crippen LogP contribution in [0.5, 0.6) is 0 Å². The van der Waals surface area contributed by atoms with Crippen LogP contribution < -0.4 is 5.32 Å². The summed E-state index contributed by atoms with van der Waals surface area (Å²) in [4.78, 5) is 16.6. The van der Waals surface area contributed by atoms with Crippen LogP contribution in [0.25, 0.3) is 11.4 Å². The van der Waals surface area contributed by atoms with Gasteiger partial charge in [0, 0.05) is 0 Å². The van der Waals surface area contributed by atoms with E-state index in [0.29, 0.717) is 16.5 Å². The van der Waals surface area contributed by atoms with E-state index < -0.39 is 0 Å². The molecule has 3 rings (SSSR count). The topological polar surface area (TPSA) is 70.7 Å². The lowest BCUT2D eigenvalue weighted by Crippen LogP contribution is -2.29. The van der Waals surface area contributed by atoms with Gasteiger partial charge in [0.1, 0.15) is 5.82 Å². The molecule has 0 aliphatic rings. The molecule has 0 aliphatic heterocycles. The number of nitrogens with zero attached hydrogens (tertiary/aromatic N) is 2. The smallest absolute Gasteiger partial charge is 0.230 e. The molecule has 140 valence electrons. The average molecular weight is 384 g/mol. The van der Waals surface area contributed by atoms with Gasteiger partial charge in [-0.3, -0.25) is 9.89 Å². The third-order valence-electron chi connectivity index (χ3n) is 4.15. The Morgan fingerprint density at radius 1 is 1.22 bits per heavy atom. The summed E-state index contributed by atoms with van der Waals surface area (Å²) in [5, 5.41) is 10.2. The molecule has 1 heterocycles. The normalized spacial score (nSPS) is 12.0. The Morgan fingerprint density at radius 2 is 1.96 bits per heavy atom. The quantitative estimate of drug-likeness (QED) is 0.597. The van der Waals surface area contributed by atoms with Crippen molar-refractivity contribution in [1.82, 2.24) is 20.5 Å². The molecule has 1 atom stereocenters. The molecule has 0 bridgehead atoms. The number of aryl methyl sites for hydroxylation is 1. The molecule has 0 radical (unpaired) electrons. The molecular weight excluding hydrogens is 363 g/mol. The van der Waals surface area contributed by atoms with Gasteiger partial charge in [-0.25, -0.2) is 9.37 Å². The molecule has 2 N–H and O–H groups in total. The van der Waals surface area contributed by atoms with Crippen molar-refractivity contribution in [3.8, 4) is 11.4 Å². The van der Waals surface area contributed by atoms with Gasteiger partial charge in [-0.2, -0.15) is 0 Å². The Morgan fingerprint density at radius 3 is 2.67 bits per heavy atom. The van der Waals surface area contributed by atoms with Crippen LogP contribution >= 0.6 is 11.8 Å². The lowest BCUT2D eigenvalue weighted by molar-refractivity contribution is -0.119. The maximum atomic E-state index is 13.8. The molecule has 2 aromatic carbocycles. The van der Waals surface area contributed by atoms with E-state index >= 15 is 0 Å². The third-order valence-corrected chi connectivity index (χ3v) is 5.00. The minimum absolute atomic E-state index is 0.0279. The molecule has 1 amide bonds. The van der Waals surface area contributed by atoms with E-state index in [1.807, 2.05) is 38.1 Å². The maximum Gasteiger partial charge on any atom is 0.230 e. The number of benzene rings is 2. The van der Waals surface area contributed by atoms with E-state index in [1.54, 1.807) is 18.2 Å². The fourth-order valence-electron chi connectivity index (χ4n) is 2.67. The first-order chi connectivity index (χ1) is 13.1. The zero-order chi connectivity index (χ0) is 19.2. The van der Waals surface area contributed by atoms with Gasteiger partial charge >= 0.3 is 0 Å². The monoisotopic (exact) mass is 384 g/mol. The second-order valence-electron chi connectivity index (χ2n) is 6.17. The average Bonchev–Trinajstić information content (AvgIpc) is 3.14. The second-order valence-corrected chi connectivity index (χ2v) is 7.12. The molecular formula is C20H21FN4OS. The van der Waals surface area contributed by atoms with Gasteiger partial charge in [-0.1, -0.05) is 60.6 Å². The van der Waals surface area contributed by atoms with E-state index in [0.717, 1.165) is 12.0 Å². The lowest BCUT2D eigenvalue weighted by atomic mass is 10.0. The van der Waals surface area contributed by atoms with Crippen LogP contribution in [0.2, 0.25) is 0 Å². The zero-order valence-corrected chi connectivity index (χ0v) is 16.0. The molecule has 0 saturated carbocycles. The predicted octanol–water partition coefficient (Wildman–Crippen LogP) is 4.28. The van der Waals surface area contributed by atoms with E-state index in [-0.39, 0.29) is 23.5 Å². The SMILES string of the molecule is CC[C@@H](NC(=O)CSc1n[nH]c(-c2ccccc2F)n1)c1ccc(C)cc1. The van der Waals surface area contributed by atoms with Crippen LogP contribution in [-0.2, 0) is 4.79 Å². The Kier molecular flexibility index (Phi) is 6.24. The van der Waals surface area contributed by atoms with Crippen molar-refractivity contribution >= 4 is 17.7 Å². The molecule has 5 nitrogen and oxygen atoms in total. The van der Waals surface area contributed by atoms with Crippen LogP contribution in [0.15, 0.2) is 53.7 Å². The lowest BCUT2D eigenvalue weighted by Gasteiger charge is -2.17. The Hall–Kier alpha value is -2.67. The number of aromatic amines is 1. The third kappa shape index (κ3) is 4.95. The Balaban J connectivity index is 1.57. The molecule has 0 spiro atoms. The van der Waals surface area contributed by atoms with Gasteiger partial charge < -0.3 is 5.32 Å². The summed E-state index contributed by atoms with van der Waals surface area (Å²) in [7, 11) is 0. The number of hydrogen-bond donors (Lipinski definition) is 2. The number of rotatable bonds is 7. The van der Waals surface area contributed by atoms with Gasteiger partial charge in [-0.15, -0.1) is 5.10 Å². The van der Waals surface area contributed by atoms with Crippen LogP contribution in [-0.4, -0.2) is 26.8 Å². The van der Waals surface area contributed by atoms with Crippen LogP contribution in [0.1, 0.15) is 30.5 Å². The minimum Gasteiger partial charge on any atom is -0.349 e. The number of carbonyl (C=O) groups is 1. The van der Waals surface area contributed by atoms with Gasteiger partial charge in [0.05, 0.1) is 17.4 Å². The van der Waals surface area contributed by atoms with Crippen molar-refractivity contribution < 1.29 is 9.18 Å².